The summed E-state index contributed by atoms with van der Waals surface area (Å²) in [5.74, 6) is 1.89. The second kappa shape index (κ2) is 13.9. The van der Waals surface area contributed by atoms with E-state index in [0.29, 0.717) is 73.2 Å². The van der Waals surface area contributed by atoms with Gasteiger partial charge in [0, 0.05) is 32.0 Å². The van der Waals surface area contributed by atoms with Gasteiger partial charge in [0.1, 0.15) is 0 Å². The lowest BCUT2D eigenvalue weighted by Gasteiger charge is -2.19. The van der Waals surface area contributed by atoms with Crippen LogP contribution in [0.25, 0.3) is 11.1 Å². The van der Waals surface area contributed by atoms with Crippen molar-refractivity contribution in [1.82, 2.24) is 10.6 Å². The van der Waals surface area contributed by atoms with Crippen molar-refractivity contribution in [2.45, 2.75) is 58.9 Å². The minimum absolute atomic E-state index is 0.0105. The third kappa shape index (κ3) is 7.43. The summed E-state index contributed by atoms with van der Waals surface area (Å²) in [6, 6.07) is 6.77. The van der Waals surface area contributed by atoms with Crippen molar-refractivity contribution in [3.8, 4) is 28.4 Å². The number of rotatable bonds is 12. The number of carbonyl (C=O) groups excluding carboxylic acids is 2. The van der Waals surface area contributed by atoms with Crippen molar-refractivity contribution in [2.24, 2.45) is 5.92 Å². The highest BCUT2D eigenvalue weighted by Gasteiger charge is 2.29. The summed E-state index contributed by atoms with van der Waals surface area (Å²) in [4.78, 5) is 37.5. The first-order valence-corrected chi connectivity index (χ1v) is 13.5. The third-order valence-corrected chi connectivity index (χ3v) is 6.86. The van der Waals surface area contributed by atoms with E-state index in [-0.39, 0.29) is 23.3 Å². The molecule has 0 spiro atoms. The summed E-state index contributed by atoms with van der Waals surface area (Å²) in [6.45, 7) is 6.86. The van der Waals surface area contributed by atoms with Crippen LogP contribution in [0.1, 0.15) is 63.6 Å². The van der Waals surface area contributed by atoms with Gasteiger partial charge < -0.3 is 30.2 Å². The van der Waals surface area contributed by atoms with E-state index >= 15 is 0 Å². The summed E-state index contributed by atoms with van der Waals surface area (Å²) >= 11 is 0. The lowest BCUT2D eigenvalue weighted by Crippen LogP contribution is -2.26. The molecule has 212 valence electrons. The Hall–Kier alpha value is -3.75. The highest BCUT2D eigenvalue weighted by molar-refractivity contribution is 5.83. The SMILES string of the molecule is COc1cc2c(c(OC)c1OC)-c1ccc(NCCCC(=O)NCCC(C)C)c(=O)cc1[C@H](NC(C)=O)CC2. The zero-order valence-electron chi connectivity index (χ0n) is 23.9. The fourth-order valence-corrected chi connectivity index (χ4v) is 4.91. The molecule has 0 unspecified atom stereocenters. The van der Waals surface area contributed by atoms with E-state index in [1.807, 2.05) is 12.1 Å². The quantitative estimate of drug-likeness (QED) is 0.346. The second-order valence-corrected chi connectivity index (χ2v) is 10.2. The van der Waals surface area contributed by atoms with Gasteiger partial charge in [0.05, 0.1) is 33.1 Å². The Labute approximate surface area is 230 Å². The number of benzene rings is 1. The molecule has 0 aliphatic heterocycles. The van der Waals surface area contributed by atoms with Crippen molar-refractivity contribution in [3.63, 3.8) is 0 Å². The molecule has 1 aliphatic rings. The Morgan fingerprint density at radius 1 is 1.03 bits per heavy atom. The van der Waals surface area contributed by atoms with E-state index in [1.165, 1.54) is 6.92 Å². The highest BCUT2D eigenvalue weighted by Crippen LogP contribution is 2.50. The lowest BCUT2D eigenvalue weighted by atomic mass is 9.95. The maximum atomic E-state index is 13.3. The first-order chi connectivity index (χ1) is 18.7. The van der Waals surface area contributed by atoms with Gasteiger partial charge in [0.2, 0.25) is 23.0 Å². The Kier molecular flexibility index (Phi) is 10.6. The van der Waals surface area contributed by atoms with Crippen molar-refractivity contribution in [2.75, 3.05) is 39.7 Å². The minimum Gasteiger partial charge on any atom is -0.493 e. The van der Waals surface area contributed by atoms with Gasteiger partial charge in [-0.05, 0) is 66.5 Å². The average Bonchev–Trinajstić information content (AvgIpc) is 3.13. The Morgan fingerprint density at radius 2 is 1.77 bits per heavy atom. The van der Waals surface area contributed by atoms with Gasteiger partial charge in [0.25, 0.3) is 0 Å². The monoisotopic (exact) mass is 539 g/mol. The van der Waals surface area contributed by atoms with Crippen LogP contribution in [0, 0.1) is 5.92 Å². The molecule has 1 atom stereocenters. The molecular formula is C30H41N3O6. The molecule has 3 N–H and O–H groups in total. The molecule has 2 aromatic rings. The van der Waals surface area contributed by atoms with Crippen molar-refractivity contribution in [1.29, 1.82) is 0 Å². The van der Waals surface area contributed by atoms with Gasteiger partial charge in [-0.15, -0.1) is 0 Å². The normalized spacial score (nSPS) is 14.0. The molecule has 0 heterocycles. The molecule has 39 heavy (non-hydrogen) atoms. The van der Waals surface area contributed by atoms with Crippen LogP contribution < -0.4 is 35.6 Å². The van der Waals surface area contributed by atoms with Crippen LogP contribution in [0.15, 0.2) is 29.1 Å². The summed E-state index contributed by atoms with van der Waals surface area (Å²) in [5, 5.41) is 9.14. The van der Waals surface area contributed by atoms with Crippen LogP contribution in [0.4, 0.5) is 5.69 Å². The van der Waals surface area contributed by atoms with Crippen LogP contribution in [-0.2, 0) is 16.0 Å². The number of anilines is 1. The predicted molar refractivity (Wildman–Crippen MR) is 153 cm³/mol. The summed E-state index contributed by atoms with van der Waals surface area (Å²) in [6.07, 6.45) is 3.14. The van der Waals surface area contributed by atoms with E-state index in [1.54, 1.807) is 33.5 Å². The number of aryl methyl sites for hydroxylation is 1. The van der Waals surface area contributed by atoms with E-state index in [4.69, 9.17) is 14.2 Å². The van der Waals surface area contributed by atoms with Gasteiger partial charge >= 0.3 is 0 Å². The first-order valence-electron chi connectivity index (χ1n) is 13.5. The van der Waals surface area contributed by atoms with Crippen molar-refractivity contribution < 1.29 is 23.8 Å². The number of nitrogens with one attached hydrogen (secondary N) is 3. The second-order valence-electron chi connectivity index (χ2n) is 10.2. The average molecular weight is 540 g/mol. The third-order valence-electron chi connectivity index (χ3n) is 6.86. The maximum absolute atomic E-state index is 13.3. The number of methoxy groups -OCH3 is 3. The van der Waals surface area contributed by atoms with Crippen LogP contribution in [0.2, 0.25) is 0 Å². The largest absolute Gasteiger partial charge is 0.493 e. The lowest BCUT2D eigenvalue weighted by molar-refractivity contribution is -0.121. The van der Waals surface area contributed by atoms with Crippen LogP contribution >= 0.6 is 0 Å². The van der Waals surface area contributed by atoms with Gasteiger partial charge in [0.15, 0.2) is 11.5 Å². The van der Waals surface area contributed by atoms with Crippen LogP contribution in [0.5, 0.6) is 17.2 Å². The van der Waals surface area contributed by atoms with Crippen LogP contribution in [0.3, 0.4) is 0 Å². The smallest absolute Gasteiger partial charge is 0.220 e. The number of carbonyl (C=O) groups is 2. The van der Waals surface area contributed by atoms with Gasteiger partial charge in [-0.2, -0.15) is 0 Å². The first kappa shape index (κ1) is 29.8. The molecule has 2 amide bonds. The molecule has 2 aromatic carbocycles. The molecule has 3 rings (SSSR count). The van der Waals surface area contributed by atoms with E-state index in [9.17, 15) is 14.4 Å². The zero-order valence-corrected chi connectivity index (χ0v) is 23.9. The Balaban J connectivity index is 1.96. The minimum atomic E-state index is -0.367. The predicted octanol–water partition coefficient (Wildman–Crippen LogP) is 4.22. The number of hydrogen-bond donors (Lipinski definition) is 3. The fourth-order valence-electron chi connectivity index (χ4n) is 4.91. The zero-order chi connectivity index (χ0) is 28.5. The topological polar surface area (TPSA) is 115 Å². The van der Waals surface area contributed by atoms with Gasteiger partial charge in [-0.25, -0.2) is 0 Å². The molecule has 0 fully saturated rings. The Morgan fingerprint density at radius 3 is 2.41 bits per heavy atom. The maximum Gasteiger partial charge on any atom is 0.220 e. The molecule has 0 radical (unpaired) electrons. The molecule has 0 saturated carbocycles. The van der Waals surface area contributed by atoms with E-state index in [2.05, 4.69) is 29.8 Å². The number of hydrogen-bond acceptors (Lipinski definition) is 7. The fraction of sp³-hybridized carbons (Fsp3) is 0.500. The summed E-state index contributed by atoms with van der Waals surface area (Å²) < 4.78 is 17.0. The highest BCUT2D eigenvalue weighted by atomic mass is 16.5. The summed E-state index contributed by atoms with van der Waals surface area (Å²) in [7, 11) is 4.70. The molecule has 0 aromatic heterocycles. The standard InChI is InChI=1S/C30H41N3O6/c1-18(2)13-15-32-27(36)8-7-14-31-24-12-10-21-22(17-25(24)35)23(33-19(3)34)11-9-20-16-26(37-4)29(38-5)30(39-6)28(20)21/h10,12,16-18,23H,7-9,11,13-15H2,1-6H3,(H,31,35)(H,32,36)(H,33,34)/t23-/m1/s1. The van der Waals surface area contributed by atoms with Crippen molar-refractivity contribution >= 4 is 17.5 Å². The van der Waals surface area contributed by atoms with Crippen molar-refractivity contribution in [3.05, 3.63) is 45.6 Å². The van der Waals surface area contributed by atoms with Gasteiger partial charge in [-0.1, -0.05) is 19.9 Å². The Bertz CT molecular complexity index is 1240. The van der Waals surface area contributed by atoms with Gasteiger partial charge in [-0.3, -0.25) is 14.4 Å². The molecule has 0 saturated heterocycles. The number of ether oxygens (including phenoxy) is 3. The molecule has 9 heteroatoms. The number of fused-ring (bicyclic) bond motifs is 3. The van der Waals surface area contributed by atoms with E-state index in [0.717, 1.165) is 23.1 Å². The molecule has 0 bridgehead atoms. The molecule has 9 nitrogen and oxygen atoms in total. The van der Waals surface area contributed by atoms with E-state index < -0.39 is 0 Å². The summed E-state index contributed by atoms with van der Waals surface area (Å²) in [5.41, 5.74) is 3.47. The number of amides is 2. The van der Waals surface area contributed by atoms with Crippen LogP contribution in [-0.4, -0.2) is 46.2 Å². The molecule has 1 aliphatic carbocycles. The molecular weight excluding hydrogens is 498 g/mol.